The lowest BCUT2D eigenvalue weighted by Gasteiger charge is -2.33. The Kier molecular flexibility index (Phi) is 3.47. The minimum atomic E-state index is -0.147. The largest absolute Gasteiger partial charge is 0.507 e. The van der Waals surface area contributed by atoms with Gasteiger partial charge in [0.1, 0.15) is 5.75 Å². The van der Waals surface area contributed by atoms with Crippen molar-refractivity contribution >= 4 is 0 Å². The average molecular weight is 270 g/mol. The van der Waals surface area contributed by atoms with E-state index in [0.717, 1.165) is 28.7 Å². The summed E-state index contributed by atoms with van der Waals surface area (Å²) in [5, 5.41) is 10.0. The summed E-state index contributed by atoms with van der Waals surface area (Å²) < 4.78 is 10.9. The van der Waals surface area contributed by atoms with E-state index in [9.17, 15) is 5.11 Å². The number of aromatic hydroxyl groups is 1. The molecule has 2 aromatic rings. The molecule has 1 N–H and O–H groups in total. The van der Waals surface area contributed by atoms with Gasteiger partial charge in [-0.15, -0.1) is 0 Å². The van der Waals surface area contributed by atoms with E-state index >= 15 is 0 Å². The molecule has 0 spiro atoms. The van der Waals surface area contributed by atoms with Gasteiger partial charge in [-0.05, 0) is 37.1 Å². The van der Waals surface area contributed by atoms with Gasteiger partial charge in [0.05, 0.1) is 0 Å². The maximum Gasteiger partial charge on any atom is 0.167 e. The van der Waals surface area contributed by atoms with Crippen LogP contribution in [-0.2, 0) is 15.9 Å². The highest BCUT2D eigenvalue weighted by molar-refractivity contribution is 5.71. The van der Waals surface area contributed by atoms with Crippen molar-refractivity contribution < 1.29 is 14.6 Å². The zero-order chi connectivity index (χ0) is 14.1. The van der Waals surface area contributed by atoms with Crippen molar-refractivity contribution in [2.45, 2.75) is 32.8 Å². The fourth-order valence-corrected chi connectivity index (χ4v) is 2.47. The average Bonchev–Trinajstić information content (AvgIpc) is 2.40. The number of benzene rings is 2. The van der Waals surface area contributed by atoms with E-state index in [1.807, 2.05) is 44.2 Å². The van der Waals surface area contributed by atoms with Gasteiger partial charge in [-0.1, -0.05) is 35.9 Å². The molecule has 0 bridgehead atoms. The zero-order valence-corrected chi connectivity index (χ0v) is 11.7. The van der Waals surface area contributed by atoms with Gasteiger partial charge in [-0.25, -0.2) is 0 Å². The Morgan fingerprint density at radius 1 is 1.10 bits per heavy atom. The quantitative estimate of drug-likeness (QED) is 0.925. The summed E-state index contributed by atoms with van der Waals surface area (Å²) in [5.74, 6) is 0.303. The zero-order valence-electron chi connectivity index (χ0n) is 11.7. The van der Waals surface area contributed by atoms with Gasteiger partial charge in [0.2, 0.25) is 0 Å². The molecule has 1 aliphatic heterocycles. The Morgan fingerprint density at radius 2 is 1.90 bits per heavy atom. The summed E-state index contributed by atoms with van der Waals surface area (Å²) in [6.45, 7) is 3.90. The topological polar surface area (TPSA) is 38.7 Å². The second-order valence-electron chi connectivity index (χ2n) is 5.19. The molecule has 0 radical (unpaired) electrons. The molecule has 20 heavy (non-hydrogen) atoms. The molecule has 3 heteroatoms. The van der Waals surface area contributed by atoms with Gasteiger partial charge in [0.15, 0.2) is 12.6 Å². The molecule has 1 heterocycles. The first-order valence-electron chi connectivity index (χ1n) is 6.81. The first-order chi connectivity index (χ1) is 9.61. The molecule has 0 unspecified atom stereocenters. The lowest BCUT2D eigenvalue weighted by molar-refractivity contribution is -0.374. The number of aryl methyl sites for hydroxylation is 1. The van der Waals surface area contributed by atoms with E-state index in [4.69, 9.17) is 9.47 Å². The van der Waals surface area contributed by atoms with Gasteiger partial charge < -0.3 is 14.6 Å². The van der Waals surface area contributed by atoms with Crippen LogP contribution in [0.4, 0.5) is 0 Å². The van der Waals surface area contributed by atoms with Crippen LogP contribution in [0.2, 0.25) is 0 Å². The van der Waals surface area contributed by atoms with E-state index in [-0.39, 0.29) is 12.6 Å². The first kappa shape index (κ1) is 13.2. The fraction of sp³-hybridized carbons (Fsp3) is 0.294. The third-order valence-corrected chi connectivity index (χ3v) is 3.48. The molecule has 0 atom stereocenters. The van der Waals surface area contributed by atoms with Crippen LogP contribution < -0.4 is 0 Å². The molecule has 3 nitrogen and oxygen atoms in total. The molecular weight excluding hydrogens is 252 g/mol. The molecule has 1 aliphatic rings. The fourth-order valence-electron chi connectivity index (χ4n) is 2.47. The number of phenolic OH excluding ortho intramolecular Hbond substituents is 1. The molecule has 1 saturated heterocycles. The number of hydrogen-bond acceptors (Lipinski definition) is 3. The standard InChI is InChI=1S/C17H18O3/c1-11-6-7-16(18)15(8-11)14-5-3-4-13(9-14)10-17-19-12(2)20-17/h3-9,12,17-18H,10H2,1-2H3. The Bertz CT molecular complexity index is 615. The van der Waals surface area contributed by atoms with Crippen LogP contribution in [0.15, 0.2) is 42.5 Å². The van der Waals surface area contributed by atoms with Crippen LogP contribution in [0.25, 0.3) is 11.1 Å². The van der Waals surface area contributed by atoms with Crippen LogP contribution in [0, 0.1) is 6.92 Å². The Labute approximate surface area is 118 Å². The van der Waals surface area contributed by atoms with Gasteiger partial charge in [0.25, 0.3) is 0 Å². The smallest absolute Gasteiger partial charge is 0.167 e. The molecule has 3 rings (SSSR count). The lowest BCUT2D eigenvalue weighted by atomic mass is 9.99. The lowest BCUT2D eigenvalue weighted by Crippen LogP contribution is -2.40. The molecule has 0 aliphatic carbocycles. The van der Waals surface area contributed by atoms with Gasteiger partial charge in [-0.2, -0.15) is 0 Å². The Morgan fingerprint density at radius 3 is 2.65 bits per heavy atom. The summed E-state index contributed by atoms with van der Waals surface area (Å²) in [7, 11) is 0. The van der Waals surface area contributed by atoms with E-state index in [1.165, 1.54) is 0 Å². The van der Waals surface area contributed by atoms with E-state index in [1.54, 1.807) is 6.07 Å². The maximum absolute atomic E-state index is 10.0. The number of rotatable bonds is 3. The van der Waals surface area contributed by atoms with Gasteiger partial charge in [-0.3, -0.25) is 0 Å². The molecule has 1 fully saturated rings. The molecule has 0 amide bonds. The summed E-state index contributed by atoms with van der Waals surface area (Å²) in [6, 6.07) is 13.7. The second-order valence-corrected chi connectivity index (χ2v) is 5.19. The molecule has 104 valence electrons. The number of phenols is 1. The second kappa shape index (κ2) is 5.27. The van der Waals surface area contributed by atoms with Crippen LogP contribution in [-0.4, -0.2) is 17.7 Å². The summed E-state index contributed by atoms with van der Waals surface area (Å²) >= 11 is 0. The monoisotopic (exact) mass is 270 g/mol. The minimum absolute atomic E-state index is 0.0935. The predicted octanol–water partition coefficient (Wildman–Crippen LogP) is 3.63. The maximum atomic E-state index is 10.0. The first-order valence-corrected chi connectivity index (χ1v) is 6.81. The highest BCUT2D eigenvalue weighted by Gasteiger charge is 2.26. The van der Waals surface area contributed by atoms with Crippen molar-refractivity contribution in [2.24, 2.45) is 0 Å². The van der Waals surface area contributed by atoms with E-state index < -0.39 is 0 Å². The number of hydrogen-bond donors (Lipinski definition) is 1. The SMILES string of the molecule is Cc1ccc(O)c(-c2cccc(CC3OC(C)O3)c2)c1. The third-order valence-electron chi connectivity index (χ3n) is 3.48. The van der Waals surface area contributed by atoms with Crippen molar-refractivity contribution in [3.8, 4) is 16.9 Å². The van der Waals surface area contributed by atoms with Crippen molar-refractivity contribution in [3.63, 3.8) is 0 Å². The normalized spacial score (nSPS) is 21.5. The summed E-state index contributed by atoms with van der Waals surface area (Å²) in [5.41, 5.74) is 4.13. The summed E-state index contributed by atoms with van der Waals surface area (Å²) in [4.78, 5) is 0. The van der Waals surface area contributed by atoms with Crippen LogP contribution >= 0.6 is 0 Å². The van der Waals surface area contributed by atoms with Crippen molar-refractivity contribution in [1.29, 1.82) is 0 Å². The number of ether oxygens (including phenoxy) is 2. The molecule has 0 saturated carbocycles. The molecular formula is C17H18O3. The highest BCUT2D eigenvalue weighted by atomic mass is 16.9. The highest BCUT2D eigenvalue weighted by Crippen LogP contribution is 2.31. The van der Waals surface area contributed by atoms with Crippen LogP contribution in [0.1, 0.15) is 18.1 Å². The minimum Gasteiger partial charge on any atom is -0.507 e. The van der Waals surface area contributed by atoms with Crippen molar-refractivity contribution in [3.05, 3.63) is 53.6 Å². The van der Waals surface area contributed by atoms with Gasteiger partial charge in [0, 0.05) is 12.0 Å². The third kappa shape index (κ3) is 2.69. The van der Waals surface area contributed by atoms with Crippen molar-refractivity contribution in [2.75, 3.05) is 0 Å². The Hall–Kier alpha value is -1.84. The molecule has 0 aromatic heterocycles. The van der Waals surface area contributed by atoms with Gasteiger partial charge >= 0.3 is 0 Å². The molecule has 2 aromatic carbocycles. The van der Waals surface area contributed by atoms with E-state index in [0.29, 0.717) is 5.75 Å². The predicted molar refractivity (Wildman–Crippen MR) is 77.4 cm³/mol. The summed E-state index contributed by atoms with van der Waals surface area (Å²) in [6.07, 6.45) is 0.487. The van der Waals surface area contributed by atoms with E-state index in [2.05, 4.69) is 6.07 Å². The van der Waals surface area contributed by atoms with Crippen LogP contribution in [0.3, 0.4) is 0 Å². The van der Waals surface area contributed by atoms with Crippen molar-refractivity contribution in [1.82, 2.24) is 0 Å². The van der Waals surface area contributed by atoms with Crippen LogP contribution in [0.5, 0.6) is 5.75 Å². The Balaban J connectivity index is 1.85.